The van der Waals surface area contributed by atoms with Crippen LogP contribution >= 0.6 is 15.9 Å². The van der Waals surface area contributed by atoms with E-state index in [0.29, 0.717) is 0 Å². The van der Waals surface area contributed by atoms with Crippen LogP contribution in [0.5, 0.6) is 5.75 Å². The Kier molecular flexibility index (Phi) is 4.80. The van der Waals surface area contributed by atoms with Crippen LogP contribution in [0.3, 0.4) is 0 Å². The van der Waals surface area contributed by atoms with E-state index < -0.39 is 23.7 Å². The zero-order valence-electron chi connectivity index (χ0n) is 8.91. The van der Waals surface area contributed by atoms with Crippen molar-refractivity contribution < 1.29 is 23.4 Å². The van der Waals surface area contributed by atoms with E-state index in [0.717, 1.165) is 6.07 Å². The van der Waals surface area contributed by atoms with E-state index in [1.54, 1.807) is 6.92 Å². The monoisotopic (exact) mass is 309 g/mol. The largest absolute Gasteiger partial charge is 0.506 e. The molecule has 94 valence electrons. The molecule has 0 spiro atoms. The predicted molar refractivity (Wildman–Crippen MR) is 58.9 cm³/mol. The summed E-state index contributed by atoms with van der Waals surface area (Å²) in [6.07, 6.45) is -3.19. The number of hydrogen-bond donors (Lipinski definition) is 1. The van der Waals surface area contributed by atoms with Crippen LogP contribution in [0.2, 0.25) is 0 Å². The molecule has 0 aliphatic rings. The molecule has 17 heavy (non-hydrogen) atoms. The van der Waals surface area contributed by atoms with Gasteiger partial charge in [-0.3, -0.25) is 4.79 Å². The van der Waals surface area contributed by atoms with Crippen molar-refractivity contribution >= 4 is 21.9 Å². The van der Waals surface area contributed by atoms with Crippen molar-refractivity contribution in [2.75, 3.05) is 6.61 Å². The highest BCUT2D eigenvalue weighted by molar-refractivity contribution is 9.10. The van der Waals surface area contributed by atoms with Gasteiger partial charge in [0, 0.05) is 0 Å². The molecule has 0 aromatic carbocycles. The Morgan fingerprint density at radius 3 is 2.82 bits per heavy atom. The van der Waals surface area contributed by atoms with Crippen molar-refractivity contribution in [2.24, 2.45) is 0 Å². The average Bonchev–Trinajstić information content (AvgIpc) is 2.22. The Balaban J connectivity index is 3.03. The Morgan fingerprint density at radius 2 is 2.29 bits per heavy atom. The molecule has 1 aromatic rings. The van der Waals surface area contributed by atoms with Gasteiger partial charge in [0.2, 0.25) is 0 Å². The van der Waals surface area contributed by atoms with Gasteiger partial charge in [0.05, 0.1) is 24.3 Å². The molecule has 0 fully saturated rings. The van der Waals surface area contributed by atoms with Crippen molar-refractivity contribution in [3.05, 3.63) is 21.9 Å². The van der Waals surface area contributed by atoms with E-state index in [1.165, 1.54) is 0 Å². The summed E-state index contributed by atoms with van der Waals surface area (Å²) >= 11 is 2.94. The third-order valence-electron chi connectivity index (χ3n) is 1.92. The number of alkyl halides is 2. The van der Waals surface area contributed by atoms with Crippen molar-refractivity contribution in [1.29, 1.82) is 0 Å². The second-order valence-electron chi connectivity index (χ2n) is 3.11. The van der Waals surface area contributed by atoms with Crippen LogP contribution in [0.25, 0.3) is 0 Å². The van der Waals surface area contributed by atoms with Crippen LogP contribution in [0.1, 0.15) is 24.6 Å². The number of rotatable bonds is 4. The summed E-state index contributed by atoms with van der Waals surface area (Å²) in [5.41, 5.74) is -0.695. The van der Waals surface area contributed by atoms with Gasteiger partial charge in [-0.05, 0) is 28.9 Å². The Morgan fingerprint density at radius 1 is 1.65 bits per heavy atom. The average molecular weight is 310 g/mol. The van der Waals surface area contributed by atoms with Gasteiger partial charge in [-0.1, -0.05) is 0 Å². The predicted octanol–water partition coefficient (Wildman–Crippen LogP) is 2.59. The molecule has 0 amide bonds. The van der Waals surface area contributed by atoms with E-state index >= 15 is 0 Å². The molecule has 4 nitrogen and oxygen atoms in total. The zero-order valence-corrected chi connectivity index (χ0v) is 10.5. The molecule has 1 heterocycles. The van der Waals surface area contributed by atoms with Gasteiger partial charge in [-0.15, -0.1) is 0 Å². The minimum Gasteiger partial charge on any atom is -0.506 e. The van der Waals surface area contributed by atoms with Gasteiger partial charge in [0.25, 0.3) is 6.43 Å². The Labute approximate surface area is 105 Å². The molecule has 0 unspecified atom stereocenters. The van der Waals surface area contributed by atoms with Gasteiger partial charge >= 0.3 is 5.97 Å². The summed E-state index contributed by atoms with van der Waals surface area (Å²) in [5.74, 6) is -1.30. The third kappa shape index (κ3) is 3.62. The summed E-state index contributed by atoms with van der Waals surface area (Å²) in [6.45, 7) is 1.80. The molecule has 0 saturated carbocycles. The van der Waals surface area contributed by atoms with E-state index in [1.807, 2.05) is 0 Å². The maximum absolute atomic E-state index is 12.5. The van der Waals surface area contributed by atoms with Crippen molar-refractivity contribution in [1.82, 2.24) is 4.98 Å². The van der Waals surface area contributed by atoms with Crippen LogP contribution < -0.4 is 0 Å². The second kappa shape index (κ2) is 5.90. The van der Waals surface area contributed by atoms with Crippen LogP contribution in [-0.4, -0.2) is 22.7 Å². The molecule has 1 aromatic heterocycles. The zero-order chi connectivity index (χ0) is 13.0. The van der Waals surface area contributed by atoms with Crippen LogP contribution in [0.4, 0.5) is 8.78 Å². The number of hydrogen-bond acceptors (Lipinski definition) is 4. The molecule has 0 radical (unpaired) electrons. The van der Waals surface area contributed by atoms with E-state index in [2.05, 4.69) is 25.7 Å². The lowest BCUT2D eigenvalue weighted by Gasteiger charge is -2.09. The van der Waals surface area contributed by atoms with E-state index in [9.17, 15) is 18.7 Å². The molecule has 1 N–H and O–H groups in total. The summed E-state index contributed by atoms with van der Waals surface area (Å²) in [5, 5.41) is 9.53. The van der Waals surface area contributed by atoms with Crippen molar-refractivity contribution in [2.45, 2.75) is 19.8 Å². The van der Waals surface area contributed by atoms with Crippen LogP contribution in [-0.2, 0) is 16.0 Å². The molecule has 0 aliphatic heterocycles. The first kappa shape index (κ1) is 13.8. The lowest BCUT2D eigenvalue weighted by atomic mass is 10.1. The normalized spacial score (nSPS) is 10.6. The smallest absolute Gasteiger partial charge is 0.312 e. The summed E-state index contributed by atoms with van der Waals surface area (Å²) in [6, 6.07) is 1.01. The molecule has 0 aliphatic carbocycles. The maximum Gasteiger partial charge on any atom is 0.312 e. The summed E-state index contributed by atoms with van der Waals surface area (Å²) in [4.78, 5) is 15.0. The summed E-state index contributed by atoms with van der Waals surface area (Å²) < 4.78 is 29.9. The number of carbonyl (C=O) groups excluding carboxylic acids is 1. The lowest BCUT2D eigenvalue weighted by Crippen LogP contribution is -2.09. The number of ether oxygens (including phenoxy) is 1. The van der Waals surface area contributed by atoms with Gasteiger partial charge in [-0.2, -0.15) is 0 Å². The fourth-order valence-corrected chi connectivity index (χ4v) is 1.68. The quantitative estimate of drug-likeness (QED) is 0.686. The molecule has 7 heteroatoms. The van der Waals surface area contributed by atoms with Crippen LogP contribution in [0.15, 0.2) is 10.7 Å². The number of nitrogens with zero attached hydrogens (tertiary/aromatic N) is 1. The first-order valence-corrected chi connectivity index (χ1v) is 5.57. The fourth-order valence-electron chi connectivity index (χ4n) is 1.22. The van der Waals surface area contributed by atoms with Gasteiger partial charge in [-0.25, -0.2) is 13.8 Å². The van der Waals surface area contributed by atoms with Gasteiger partial charge < -0.3 is 9.84 Å². The maximum atomic E-state index is 12.5. The minimum absolute atomic E-state index is 0.130. The van der Waals surface area contributed by atoms with Gasteiger partial charge in [0.15, 0.2) is 0 Å². The molecule has 0 saturated heterocycles. The lowest BCUT2D eigenvalue weighted by molar-refractivity contribution is -0.142. The van der Waals surface area contributed by atoms with Crippen molar-refractivity contribution in [3.63, 3.8) is 0 Å². The number of pyridine rings is 1. The standard InChI is InChI=1S/C10H10BrF2NO3/c1-2-17-8(15)4-6-9(16)5(10(12)13)3-7(11)14-6/h3,10,16H,2,4H2,1H3. The van der Waals surface area contributed by atoms with E-state index in [4.69, 9.17) is 0 Å². The van der Waals surface area contributed by atoms with Crippen molar-refractivity contribution in [3.8, 4) is 5.75 Å². The Hall–Kier alpha value is -1.24. The fraction of sp³-hybridized carbons (Fsp3) is 0.400. The van der Waals surface area contributed by atoms with Crippen LogP contribution in [0, 0.1) is 0 Å². The summed E-state index contributed by atoms with van der Waals surface area (Å²) in [7, 11) is 0. The minimum atomic E-state index is -2.84. The van der Waals surface area contributed by atoms with E-state index in [-0.39, 0.29) is 23.3 Å². The number of aromatic nitrogens is 1. The third-order valence-corrected chi connectivity index (χ3v) is 2.32. The number of esters is 1. The van der Waals surface area contributed by atoms with Gasteiger partial charge in [0.1, 0.15) is 10.4 Å². The SMILES string of the molecule is CCOC(=O)Cc1nc(Br)cc(C(F)F)c1O. The first-order chi connectivity index (χ1) is 7.95. The molecule has 0 atom stereocenters. The topological polar surface area (TPSA) is 59.4 Å². The highest BCUT2D eigenvalue weighted by atomic mass is 79.9. The number of halogens is 3. The highest BCUT2D eigenvalue weighted by Gasteiger charge is 2.20. The molecular formula is C10H10BrF2NO3. The number of carbonyl (C=O) groups is 1. The number of aromatic hydroxyl groups is 1. The first-order valence-electron chi connectivity index (χ1n) is 4.77. The Bertz CT molecular complexity index is 426. The molecule has 1 rings (SSSR count). The molecule has 0 bridgehead atoms. The molecular weight excluding hydrogens is 300 g/mol. The second-order valence-corrected chi connectivity index (χ2v) is 3.92. The highest BCUT2D eigenvalue weighted by Crippen LogP contribution is 2.32.